The molecule has 0 aliphatic rings. The van der Waals surface area contributed by atoms with Gasteiger partial charge in [-0.15, -0.1) is 0 Å². The van der Waals surface area contributed by atoms with E-state index in [0.717, 1.165) is 12.4 Å². The summed E-state index contributed by atoms with van der Waals surface area (Å²) in [5.74, 6) is -1.08. The molecule has 0 aliphatic heterocycles. The van der Waals surface area contributed by atoms with Crippen molar-refractivity contribution < 1.29 is 36.1 Å². The van der Waals surface area contributed by atoms with Gasteiger partial charge in [-0.2, -0.15) is 0 Å². The zero-order chi connectivity index (χ0) is 16.5. The Morgan fingerprint density at radius 3 is 1.88 bits per heavy atom. The van der Waals surface area contributed by atoms with Crippen LogP contribution in [0.5, 0.6) is 0 Å². The van der Waals surface area contributed by atoms with Crippen molar-refractivity contribution in [3.8, 4) is 0 Å². The van der Waals surface area contributed by atoms with Gasteiger partial charge in [-0.1, -0.05) is 42.5 Å². The van der Waals surface area contributed by atoms with E-state index in [1.54, 1.807) is 0 Å². The first-order valence-electron chi connectivity index (χ1n) is 6.13. The molecule has 6 N–H and O–H groups in total. The Balaban J connectivity index is -0.000000383. The second-order valence-corrected chi connectivity index (χ2v) is 4.08. The average molecular weight is 529 g/mol. The minimum absolute atomic E-state index is 0. The number of hydrogen-bond acceptors (Lipinski definition) is 8. The third kappa shape index (κ3) is 9.98. The number of carboxylic acids is 1. The smallest absolute Gasteiger partial charge is 0.550 e. The summed E-state index contributed by atoms with van der Waals surface area (Å²) >= 11 is 0. The van der Waals surface area contributed by atoms with Crippen molar-refractivity contribution in [2.45, 2.75) is 6.92 Å². The summed E-state index contributed by atoms with van der Waals surface area (Å²) in [4.78, 5) is 21.5. The van der Waals surface area contributed by atoms with Gasteiger partial charge in [0.25, 0.3) is 0 Å². The first kappa shape index (κ1) is 27.2. The molecule has 0 bridgehead atoms. The summed E-state index contributed by atoms with van der Waals surface area (Å²) in [5.41, 5.74) is 1.06. The maximum atomic E-state index is 8.89. The van der Waals surface area contributed by atoms with Gasteiger partial charge >= 0.3 is 21.1 Å². The van der Waals surface area contributed by atoms with Crippen molar-refractivity contribution in [3.05, 3.63) is 70.0 Å². The van der Waals surface area contributed by atoms with Gasteiger partial charge in [0.1, 0.15) is 0 Å². The predicted molar refractivity (Wildman–Crippen MR) is 90.3 cm³/mol. The van der Waals surface area contributed by atoms with Crippen LogP contribution in [-0.2, 0) is 25.9 Å². The van der Waals surface area contributed by atoms with Gasteiger partial charge < -0.3 is 37.5 Å². The van der Waals surface area contributed by atoms with Gasteiger partial charge in [-0.05, 0) is 18.4 Å². The molecule has 3 rings (SSSR count). The molecule has 138 valence electrons. The summed E-state index contributed by atoms with van der Waals surface area (Å²) < 4.78 is 0. The summed E-state index contributed by atoms with van der Waals surface area (Å²) in [7, 11) is 0. The van der Waals surface area contributed by atoms with Crippen LogP contribution in [0.15, 0.2) is 54.7 Å². The first-order chi connectivity index (χ1) is 10.4. The van der Waals surface area contributed by atoms with Crippen LogP contribution in [0.4, 0.5) is 0 Å². The summed E-state index contributed by atoms with van der Waals surface area (Å²) in [6, 6.07) is 16.6. The number of pyridine rings is 1. The quantitative estimate of drug-likeness (QED) is 0.252. The minimum atomic E-state index is -1.75. The SMILES string of the molecule is CC(=O)[O-].N.N.O=[N+]([O-])[O-].[Pt+2].c1ccc2c(c1)cnc1ccccc12. The molecule has 0 fully saturated rings. The molecule has 10 heteroatoms. The number of aromatic nitrogens is 1. The zero-order valence-corrected chi connectivity index (χ0v) is 15.6. The molecule has 0 radical (unpaired) electrons. The van der Waals surface area contributed by atoms with Crippen LogP contribution in [0.2, 0.25) is 0 Å². The standard InChI is InChI=1S/C13H9N.C2H4O2.NO3.2H3N.Pt/c1-2-6-11-10(5-1)9-14-13-8-4-3-7-12(11)13;1-2(3)4;2-1(3)4;;;/h1-9H;1H3,(H,3,4);;2*1H3;/q;;-1;;;+2/p-1. The number of hydrogen-bond donors (Lipinski definition) is 2. The second-order valence-electron chi connectivity index (χ2n) is 4.08. The zero-order valence-electron chi connectivity index (χ0n) is 13.4. The molecular formula is C15H18N4O5Pt. The fourth-order valence-electron chi connectivity index (χ4n) is 1.81. The van der Waals surface area contributed by atoms with E-state index in [2.05, 4.69) is 35.3 Å². The summed E-state index contributed by atoms with van der Waals surface area (Å²) in [6.07, 6.45) is 1.93. The Morgan fingerprint density at radius 2 is 1.36 bits per heavy atom. The van der Waals surface area contributed by atoms with Crippen molar-refractivity contribution in [1.29, 1.82) is 0 Å². The Bertz CT molecular complexity index is 726. The van der Waals surface area contributed by atoms with Gasteiger partial charge in [0.05, 0.1) is 10.6 Å². The van der Waals surface area contributed by atoms with Crippen LogP contribution in [0.1, 0.15) is 6.92 Å². The maximum absolute atomic E-state index is 8.89. The monoisotopic (exact) mass is 529 g/mol. The number of carbonyl (C=O) groups is 1. The summed E-state index contributed by atoms with van der Waals surface area (Å²) in [6.45, 7) is 0.972. The van der Waals surface area contributed by atoms with E-state index in [0.29, 0.717) is 0 Å². The molecule has 0 saturated heterocycles. The molecule has 3 aromatic rings. The van der Waals surface area contributed by atoms with Crippen LogP contribution >= 0.6 is 0 Å². The van der Waals surface area contributed by atoms with E-state index in [9.17, 15) is 0 Å². The molecule has 2 aromatic carbocycles. The van der Waals surface area contributed by atoms with Crippen LogP contribution in [0.3, 0.4) is 0 Å². The Kier molecular flexibility index (Phi) is 15.0. The van der Waals surface area contributed by atoms with Crippen molar-refractivity contribution in [2.75, 3.05) is 0 Å². The Labute approximate surface area is 158 Å². The largest absolute Gasteiger partial charge is 2.00 e. The maximum Gasteiger partial charge on any atom is 2.00 e. The molecule has 9 nitrogen and oxygen atoms in total. The fourth-order valence-corrected chi connectivity index (χ4v) is 1.81. The molecule has 1 heterocycles. The number of para-hydroxylation sites is 1. The number of aliphatic carboxylic acids is 1. The fraction of sp³-hybridized carbons (Fsp3) is 0.0667. The normalized spacial score (nSPS) is 8.04. The number of carboxylic acid groups (broad SMARTS) is 1. The van der Waals surface area contributed by atoms with Crippen LogP contribution in [0.25, 0.3) is 21.7 Å². The van der Waals surface area contributed by atoms with E-state index < -0.39 is 11.1 Å². The molecule has 0 unspecified atom stereocenters. The average Bonchev–Trinajstić information content (AvgIpc) is 2.46. The molecule has 25 heavy (non-hydrogen) atoms. The number of nitrogens with zero attached hydrogens (tertiary/aromatic N) is 2. The van der Waals surface area contributed by atoms with Gasteiger partial charge in [0.15, 0.2) is 0 Å². The molecule has 0 aliphatic carbocycles. The van der Waals surface area contributed by atoms with Crippen molar-refractivity contribution in [3.63, 3.8) is 0 Å². The topological polar surface area (TPSA) is 189 Å². The van der Waals surface area contributed by atoms with Gasteiger partial charge in [0, 0.05) is 22.9 Å². The Morgan fingerprint density at radius 1 is 0.960 bits per heavy atom. The van der Waals surface area contributed by atoms with Crippen LogP contribution in [0, 0.1) is 15.3 Å². The van der Waals surface area contributed by atoms with Gasteiger partial charge in [-0.25, -0.2) is 0 Å². The summed E-state index contributed by atoms with van der Waals surface area (Å²) in [5, 5.41) is 27.3. The van der Waals surface area contributed by atoms with Crippen LogP contribution in [-0.4, -0.2) is 16.0 Å². The third-order valence-electron chi connectivity index (χ3n) is 2.50. The van der Waals surface area contributed by atoms with Crippen molar-refractivity contribution in [2.24, 2.45) is 0 Å². The van der Waals surface area contributed by atoms with Gasteiger partial charge in [-0.3, -0.25) is 4.98 Å². The van der Waals surface area contributed by atoms with Crippen LogP contribution < -0.4 is 17.4 Å². The number of benzene rings is 2. The number of carbonyl (C=O) groups excluding carboxylic acids is 1. The van der Waals surface area contributed by atoms with E-state index in [4.69, 9.17) is 25.2 Å². The van der Waals surface area contributed by atoms with E-state index >= 15 is 0 Å². The van der Waals surface area contributed by atoms with Crippen molar-refractivity contribution >= 4 is 27.6 Å². The minimum Gasteiger partial charge on any atom is -0.550 e. The molecule has 1 aromatic heterocycles. The van der Waals surface area contributed by atoms with E-state index in [-0.39, 0.29) is 33.4 Å². The van der Waals surface area contributed by atoms with Gasteiger partial charge in [0.2, 0.25) is 0 Å². The second kappa shape index (κ2) is 13.8. The van der Waals surface area contributed by atoms with E-state index in [1.807, 2.05) is 24.4 Å². The number of rotatable bonds is 0. The number of fused-ring (bicyclic) bond motifs is 3. The molecule has 0 atom stereocenters. The van der Waals surface area contributed by atoms with E-state index in [1.165, 1.54) is 16.2 Å². The predicted octanol–water partition coefficient (Wildman–Crippen LogP) is 2.23. The molecule has 0 amide bonds. The first-order valence-corrected chi connectivity index (χ1v) is 6.13. The van der Waals surface area contributed by atoms with Crippen molar-refractivity contribution in [1.82, 2.24) is 17.3 Å². The molecule has 0 saturated carbocycles. The third-order valence-corrected chi connectivity index (χ3v) is 2.50. The molecule has 0 spiro atoms. The molecular weight excluding hydrogens is 511 g/mol. The Hall–Kier alpha value is -2.61.